The molecule has 4 nitrogen and oxygen atoms in total. The van der Waals surface area contributed by atoms with E-state index in [1.807, 2.05) is 11.0 Å². The van der Waals surface area contributed by atoms with Gasteiger partial charge in [-0.2, -0.15) is 0 Å². The quantitative estimate of drug-likeness (QED) is 0.841. The van der Waals surface area contributed by atoms with E-state index in [9.17, 15) is 9.18 Å². The van der Waals surface area contributed by atoms with Crippen LogP contribution in [0.3, 0.4) is 0 Å². The van der Waals surface area contributed by atoms with E-state index in [0.717, 1.165) is 5.56 Å². The van der Waals surface area contributed by atoms with Crippen molar-refractivity contribution in [1.82, 2.24) is 0 Å². The molecule has 0 aromatic heterocycles. The van der Waals surface area contributed by atoms with Gasteiger partial charge in [0.15, 0.2) is 0 Å². The molecule has 1 fully saturated rings. The van der Waals surface area contributed by atoms with Crippen LogP contribution in [0.4, 0.5) is 10.1 Å². The molecule has 98 valence electrons. The van der Waals surface area contributed by atoms with Crippen LogP contribution in [0.25, 0.3) is 0 Å². The van der Waals surface area contributed by atoms with Crippen molar-refractivity contribution in [2.45, 2.75) is 19.4 Å². The largest absolute Gasteiger partial charge is 0.369 e. The number of primary amides is 1. The first-order valence-corrected chi connectivity index (χ1v) is 6.15. The summed E-state index contributed by atoms with van der Waals surface area (Å²) in [6.07, 6.45) is 1.35. The summed E-state index contributed by atoms with van der Waals surface area (Å²) in [6, 6.07) is 4.93. The maximum atomic E-state index is 13.9. The molecule has 5 heteroatoms. The second-order valence-electron chi connectivity index (χ2n) is 4.62. The van der Waals surface area contributed by atoms with Gasteiger partial charge in [0.2, 0.25) is 5.91 Å². The van der Waals surface area contributed by atoms with Crippen LogP contribution in [-0.2, 0) is 11.3 Å². The topological polar surface area (TPSA) is 72.3 Å². The third kappa shape index (κ3) is 2.46. The Morgan fingerprint density at radius 3 is 2.61 bits per heavy atom. The summed E-state index contributed by atoms with van der Waals surface area (Å²) in [6.45, 7) is 1.59. The van der Waals surface area contributed by atoms with Crippen LogP contribution in [0.15, 0.2) is 18.2 Å². The third-order valence-corrected chi connectivity index (χ3v) is 3.50. The molecule has 1 amide bonds. The zero-order chi connectivity index (χ0) is 13.1. The molecule has 1 aliphatic rings. The molecule has 2 rings (SSSR count). The molecule has 0 spiro atoms. The fourth-order valence-corrected chi connectivity index (χ4v) is 2.47. The van der Waals surface area contributed by atoms with Gasteiger partial charge in [-0.1, -0.05) is 12.1 Å². The van der Waals surface area contributed by atoms with Gasteiger partial charge in [0, 0.05) is 25.6 Å². The minimum atomic E-state index is -0.262. The maximum absolute atomic E-state index is 13.9. The first-order valence-electron chi connectivity index (χ1n) is 6.15. The van der Waals surface area contributed by atoms with Crippen molar-refractivity contribution in [3.63, 3.8) is 0 Å². The van der Waals surface area contributed by atoms with E-state index in [0.29, 0.717) is 38.2 Å². The van der Waals surface area contributed by atoms with Crippen molar-refractivity contribution in [3.8, 4) is 0 Å². The van der Waals surface area contributed by atoms with E-state index in [-0.39, 0.29) is 17.6 Å². The molecule has 1 aromatic carbocycles. The van der Waals surface area contributed by atoms with E-state index in [1.165, 1.54) is 6.07 Å². The Labute approximate surface area is 106 Å². The minimum Gasteiger partial charge on any atom is -0.369 e. The minimum absolute atomic E-state index is 0.0886. The van der Waals surface area contributed by atoms with E-state index in [2.05, 4.69) is 0 Å². The van der Waals surface area contributed by atoms with Gasteiger partial charge >= 0.3 is 0 Å². The van der Waals surface area contributed by atoms with Gasteiger partial charge in [0.25, 0.3) is 0 Å². The van der Waals surface area contributed by atoms with E-state index in [1.54, 1.807) is 6.07 Å². The van der Waals surface area contributed by atoms with Crippen LogP contribution in [0.5, 0.6) is 0 Å². The predicted octanol–water partition coefficient (Wildman–Crippen LogP) is 0.986. The number of carbonyl (C=O) groups excluding carboxylic acids is 1. The molecule has 4 N–H and O–H groups in total. The summed E-state index contributed by atoms with van der Waals surface area (Å²) in [7, 11) is 0. The Bertz CT molecular complexity index is 442. The summed E-state index contributed by atoms with van der Waals surface area (Å²) in [5, 5.41) is 0. The molecule has 0 radical (unpaired) electrons. The lowest BCUT2D eigenvalue weighted by molar-refractivity contribution is -0.122. The Hall–Kier alpha value is -1.62. The average molecular weight is 251 g/mol. The SMILES string of the molecule is NCc1cccc(F)c1N1CCC(C(N)=O)CC1. The number of nitrogens with two attached hydrogens (primary N) is 2. The number of halogens is 1. The van der Waals surface area contributed by atoms with Gasteiger partial charge in [-0.3, -0.25) is 4.79 Å². The van der Waals surface area contributed by atoms with Gasteiger partial charge in [-0.15, -0.1) is 0 Å². The highest BCUT2D eigenvalue weighted by Gasteiger charge is 2.25. The molecule has 0 saturated carbocycles. The van der Waals surface area contributed by atoms with Crippen LogP contribution in [0, 0.1) is 11.7 Å². The lowest BCUT2D eigenvalue weighted by Gasteiger charge is -2.33. The van der Waals surface area contributed by atoms with Crippen LogP contribution >= 0.6 is 0 Å². The van der Waals surface area contributed by atoms with Crippen molar-refractivity contribution in [2.75, 3.05) is 18.0 Å². The molecule has 1 heterocycles. The molecule has 0 bridgehead atoms. The highest BCUT2D eigenvalue weighted by atomic mass is 19.1. The van der Waals surface area contributed by atoms with Crippen molar-refractivity contribution >= 4 is 11.6 Å². The zero-order valence-corrected chi connectivity index (χ0v) is 10.2. The zero-order valence-electron chi connectivity index (χ0n) is 10.2. The number of para-hydroxylation sites is 1. The average Bonchev–Trinajstić information content (AvgIpc) is 2.38. The first-order chi connectivity index (χ1) is 8.63. The molecule has 18 heavy (non-hydrogen) atoms. The lowest BCUT2D eigenvalue weighted by Crippen LogP contribution is -2.39. The van der Waals surface area contributed by atoms with Gasteiger partial charge in [0.05, 0.1) is 5.69 Å². The number of rotatable bonds is 3. The van der Waals surface area contributed by atoms with E-state index < -0.39 is 0 Å². The highest BCUT2D eigenvalue weighted by molar-refractivity contribution is 5.77. The molecule has 0 aliphatic carbocycles. The number of hydrogen-bond donors (Lipinski definition) is 2. The van der Waals surface area contributed by atoms with Crippen LogP contribution in [0.2, 0.25) is 0 Å². The predicted molar refractivity (Wildman–Crippen MR) is 68.4 cm³/mol. The van der Waals surface area contributed by atoms with Crippen LogP contribution in [-0.4, -0.2) is 19.0 Å². The fraction of sp³-hybridized carbons (Fsp3) is 0.462. The first kappa shape index (κ1) is 12.8. The summed E-state index contributed by atoms with van der Waals surface area (Å²) in [5.41, 5.74) is 12.3. The number of anilines is 1. The summed E-state index contributed by atoms with van der Waals surface area (Å²) in [5.74, 6) is -0.605. The van der Waals surface area contributed by atoms with Crippen molar-refractivity contribution < 1.29 is 9.18 Å². The number of carbonyl (C=O) groups is 1. The lowest BCUT2D eigenvalue weighted by atomic mass is 9.95. The van der Waals surface area contributed by atoms with Crippen molar-refractivity contribution in [1.29, 1.82) is 0 Å². The van der Waals surface area contributed by atoms with E-state index in [4.69, 9.17) is 11.5 Å². The standard InChI is InChI=1S/C13H18FN3O/c14-11-3-1-2-10(8-15)12(11)17-6-4-9(5-7-17)13(16)18/h1-3,9H,4-8,15H2,(H2,16,18). The smallest absolute Gasteiger partial charge is 0.220 e. The number of amides is 1. The molecule has 1 aromatic rings. The Balaban J connectivity index is 2.17. The Kier molecular flexibility index (Phi) is 3.81. The molecule has 0 unspecified atom stereocenters. The van der Waals surface area contributed by atoms with E-state index >= 15 is 0 Å². The number of nitrogens with zero attached hydrogens (tertiary/aromatic N) is 1. The Morgan fingerprint density at radius 1 is 1.39 bits per heavy atom. The number of piperidine rings is 1. The molecular weight excluding hydrogens is 233 g/mol. The van der Waals surface area contributed by atoms with Gasteiger partial charge in [-0.25, -0.2) is 4.39 Å². The molecule has 1 aliphatic heterocycles. The Morgan fingerprint density at radius 2 is 2.06 bits per heavy atom. The second kappa shape index (κ2) is 5.35. The van der Waals surface area contributed by atoms with Crippen molar-refractivity contribution in [2.24, 2.45) is 17.4 Å². The molecule has 1 saturated heterocycles. The number of hydrogen-bond acceptors (Lipinski definition) is 3. The third-order valence-electron chi connectivity index (χ3n) is 3.50. The van der Waals surface area contributed by atoms with Gasteiger partial charge in [-0.05, 0) is 24.5 Å². The maximum Gasteiger partial charge on any atom is 0.220 e. The number of benzene rings is 1. The summed E-state index contributed by atoms with van der Waals surface area (Å²) < 4.78 is 13.9. The van der Waals surface area contributed by atoms with Crippen molar-refractivity contribution in [3.05, 3.63) is 29.6 Å². The van der Waals surface area contributed by atoms with Gasteiger partial charge in [0.1, 0.15) is 5.82 Å². The highest BCUT2D eigenvalue weighted by Crippen LogP contribution is 2.28. The fourth-order valence-electron chi connectivity index (χ4n) is 2.47. The summed E-state index contributed by atoms with van der Waals surface area (Å²) >= 11 is 0. The van der Waals surface area contributed by atoms with Gasteiger partial charge < -0.3 is 16.4 Å². The molecule has 0 atom stereocenters. The van der Waals surface area contributed by atoms with Crippen LogP contribution < -0.4 is 16.4 Å². The summed E-state index contributed by atoms with van der Waals surface area (Å²) in [4.78, 5) is 13.1. The molecular formula is C13H18FN3O. The normalized spacial score (nSPS) is 16.9. The monoisotopic (exact) mass is 251 g/mol. The second-order valence-corrected chi connectivity index (χ2v) is 4.62. The van der Waals surface area contributed by atoms with Crippen LogP contribution in [0.1, 0.15) is 18.4 Å².